The summed E-state index contributed by atoms with van der Waals surface area (Å²) in [5, 5.41) is 12.5. The first-order chi connectivity index (χ1) is 10.5. The number of hydrogen-bond acceptors (Lipinski definition) is 4. The number of carbonyl (C=O) groups is 2. The van der Waals surface area contributed by atoms with Crippen LogP contribution in [0.15, 0.2) is 18.2 Å². The molecule has 2 rings (SSSR count). The van der Waals surface area contributed by atoms with E-state index in [-0.39, 0.29) is 23.5 Å². The van der Waals surface area contributed by atoms with Crippen molar-refractivity contribution in [2.45, 2.75) is 13.3 Å². The monoisotopic (exact) mass is 306 g/mol. The lowest BCUT2D eigenvalue weighted by Crippen LogP contribution is -2.32. The van der Waals surface area contributed by atoms with E-state index in [0.717, 1.165) is 5.56 Å². The summed E-state index contributed by atoms with van der Waals surface area (Å²) < 4.78 is 4.98. The van der Waals surface area contributed by atoms with Crippen LogP contribution in [0.25, 0.3) is 0 Å². The molecule has 0 radical (unpaired) electrons. The Balaban J connectivity index is 1.84. The molecule has 6 nitrogen and oxygen atoms in total. The Morgan fingerprint density at radius 1 is 1.50 bits per heavy atom. The number of hydrogen-bond donors (Lipinski definition) is 2. The number of rotatable bonds is 6. The largest absolute Gasteiger partial charge is 0.508 e. The highest BCUT2D eigenvalue weighted by molar-refractivity contribution is 5.94. The molecular formula is C16H22N2O4. The van der Waals surface area contributed by atoms with E-state index in [9.17, 15) is 14.7 Å². The molecule has 1 fully saturated rings. The van der Waals surface area contributed by atoms with Gasteiger partial charge in [-0.1, -0.05) is 6.07 Å². The lowest BCUT2D eigenvalue weighted by Gasteiger charge is -2.16. The average molecular weight is 306 g/mol. The van der Waals surface area contributed by atoms with Gasteiger partial charge in [0.2, 0.25) is 5.91 Å². The number of methoxy groups -OCH3 is 1. The topological polar surface area (TPSA) is 78.9 Å². The molecule has 2 amide bonds. The van der Waals surface area contributed by atoms with E-state index in [1.807, 2.05) is 0 Å². The van der Waals surface area contributed by atoms with Gasteiger partial charge < -0.3 is 20.1 Å². The van der Waals surface area contributed by atoms with Crippen LogP contribution in [0, 0.1) is 12.8 Å². The van der Waals surface area contributed by atoms with Crippen molar-refractivity contribution in [2.75, 3.05) is 33.4 Å². The molecule has 0 spiro atoms. The van der Waals surface area contributed by atoms with Crippen molar-refractivity contribution in [3.8, 4) is 5.75 Å². The molecule has 120 valence electrons. The number of likely N-dealkylation sites (tertiary alicyclic amines) is 1. The number of nitrogens with zero attached hydrogens (tertiary/aromatic N) is 1. The summed E-state index contributed by atoms with van der Waals surface area (Å²) >= 11 is 0. The Kier molecular flexibility index (Phi) is 5.38. The minimum Gasteiger partial charge on any atom is -0.508 e. The minimum atomic E-state index is -0.238. The Hall–Kier alpha value is -2.08. The van der Waals surface area contributed by atoms with Crippen LogP contribution in [0.3, 0.4) is 0 Å². The maximum atomic E-state index is 12.1. The zero-order valence-electron chi connectivity index (χ0n) is 13.0. The van der Waals surface area contributed by atoms with Crippen LogP contribution >= 0.6 is 0 Å². The normalized spacial score (nSPS) is 17.8. The molecule has 1 heterocycles. The smallest absolute Gasteiger partial charge is 0.251 e. The zero-order chi connectivity index (χ0) is 16.1. The molecule has 0 aromatic heterocycles. The predicted octanol–water partition coefficient (Wildman–Crippen LogP) is 0.925. The molecule has 0 saturated carbocycles. The molecule has 1 atom stereocenters. The molecule has 1 aliphatic rings. The Bertz CT molecular complexity index is 559. The maximum Gasteiger partial charge on any atom is 0.251 e. The highest BCUT2D eigenvalue weighted by atomic mass is 16.5. The predicted molar refractivity (Wildman–Crippen MR) is 81.7 cm³/mol. The van der Waals surface area contributed by atoms with Crippen LogP contribution in [0.5, 0.6) is 5.75 Å². The second-order valence-electron chi connectivity index (χ2n) is 5.61. The van der Waals surface area contributed by atoms with E-state index in [0.29, 0.717) is 38.2 Å². The van der Waals surface area contributed by atoms with Crippen LogP contribution in [-0.2, 0) is 9.53 Å². The van der Waals surface area contributed by atoms with Gasteiger partial charge in [0.25, 0.3) is 5.91 Å². The lowest BCUT2D eigenvalue weighted by atomic mass is 10.1. The number of benzene rings is 1. The van der Waals surface area contributed by atoms with Gasteiger partial charge in [-0.05, 0) is 24.6 Å². The van der Waals surface area contributed by atoms with Crippen molar-refractivity contribution < 1.29 is 19.4 Å². The fraction of sp³-hybridized carbons (Fsp3) is 0.500. The molecule has 1 aromatic carbocycles. The van der Waals surface area contributed by atoms with Crippen molar-refractivity contribution in [1.82, 2.24) is 10.2 Å². The van der Waals surface area contributed by atoms with Crippen LogP contribution in [0.1, 0.15) is 22.3 Å². The van der Waals surface area contributed by atoms with Gasteiger partial charge >= 0.3 is 0 Å². The average Bonchev–Trinajstić information content (AvgIpc) is 2.85. The van der Waals surface area contributed by atoms with Crippen LogP contribution in [-0.4, -0.2) is 55.2 Å². The van der Waals surface area contributed by atoms with Gasteiger partial charge in [-0.25, -0.2) is 0 Å². The van der Waals surface area contributed by atoms with Gasteiger partial charge in [-0.2, -0.15) is 0 Å². The van der Waals surface area contributed by atoms with Gasteiger partial charge in [0.1, 0.15) is 5.75 Å². The first kappa shape index (κ1) is 16.3. The number of ether oxygens (including phenoxy) is 1. The van der Waals surface area contributed by atoms with Gasteiger partial charge in [-0.15, -0.1) is 0 Å². The minimum absolute atomic E-state index is 0.101. The van der Waals surface area contributed by atoms with Crippen LogP contribution < -0.4 is 5.32 Å². The first-order valence-corrected chi connectivity index (χ1v) is 7.35. The van der Waals surface area contributed by atoms with Gasteiger partial charge in [-0.3, -0.25) is 9.59 Å². The Labute approximate surface area is 130 Å². The highest BCUT2D eigenvalue weighted by Gasteiger charge is 2.29. The van der Waals surface area contributed by atoms with Gasteiger partial charge in [0.15, 0.2) is 0 Å². The molecule has 6 heteroatoms. The summed E-state index contributed by atoms with van der Waals surface area (Å²) in [6.07, 6.45) is 0.448. The number of phenols is 1. The molecule has 0 aliphatic carbocycles. The number of amides is 2. The lowest BCUT2D eigenvalue weighted by molar-refractivity contribution is -0.128. The molecule has 0 bridgehead atoms. The number of phenolic OH excluding ortho intramolecular Hbond substituents is 1. The maximum absolute atomic E-state index is 12.1. The van der Waals surface area contributed by atoms with Crippen molar-refractivity contribution >= 4 is 11.8 Å². The fourth-order valence-electron chi connectivity index (χ4n) is 2.50. The Morgan fingerprint density at radius 3 is 2.95 bits per heavy atom. The van der Waals surface area contributed by atoms with Gasteiger partial charge in [0, 0.05) is 44.6 Å². The van der Waals surface area contributed by atoms with Crippen LogP contribution in [0.4, 0.5) is 0 Å². The number of aromatic hydroxyl groups is 1. The number of carbonyl (C=O) groups excluding carboxylic acids is 2. The van der Waals surface area contributed by atoms with E-state index >= 15 is 0 Å². The molecule has 1 aliphatic heterocycles. The second kappa shape index (κ2) is 7.26. The molecule has 0 unspecified atom stereocenters. The van der Waals surface area contributed by atoms with Crippen molar-refractivity contribution in [1.29, 1.82) is 0 Å². The molecule has 2 N–H and O–H groups in total. The van der Waals surface area contributed by atoms with Crippen molar-refractivity contribution in [2.24, 2.45) is 5.92 Å². The van der Waals surface area contributed by atoms with E-state index in [4.69, 9.17) is 4.74 Å². The quantitative estimate of drug-likeness (QED) is 0.819. The summed E-state index contributed by atoms with van der Waals surface area (Å²) in [5.41, 5.74) is 1.15. The Morgan fingerprint density at radius 2 is 2.27 bits per heavy atom. The third kappa shape index (κ3) is 3.98. The van der Waals surface area contributed by atoms with Gasteiger partial charge in [0.05, 0.1) is 6.61 Å². The van der Waals surface area contributed by atoms with E-state index < -0.39 is 0 Å². The third-order valence-electron chi connectivity index (χ3n) is 3.88. The van der Waals surface area contributed by atoms with E-state index in [2.05, 4.69) is 5.32 Å². The first-order valence-electron chi connectivity index (χ1n) is 7.35. The summed E-state index contributed by atoms with van der Waals surface area (Å²) in [6, 6.07) is 4.83. The summed E-state index contributed by atoms with van der Waals surface area (Å²) in [6.45, 7) is 3.97. The number of nitrogens with one attached hydrogen (secondary N) is 1. The second-order valence-corrected chi connectivity index (χ2v) is 5.61. The fourth-order valence-corrected chi connectivity index (χ4v) is 2.50. The molecule has 1 aromatic rings. The standard InChI is InChI=1S/C16H22N2O4/c1-11-3-4-13(8-14(11)19)16(21)17-9-12-7-15(20)18(10-12)5-6-22-2/h3-4,8,12,19H,5-7,9-10H2,1-2H3,(H,17,21)/t12-/m0/s1. The molecule has 22 heavy (non-hydrogen) atoms. The van der Waals surface area contributed by atoms with Crippen molar-refractivity contribution in [3.05, 3.63) is 29.3 Å². The SMILES string of the molecule is COCCN1C[C@H](CNC(=O)c2ccc(C)c(O)c2)CC1=O. The summed E-state index contributed by atoms with van der Waals surface area (Å²) in [5.74, 6) is 0.0872. The molecular weight excluding hydrogens is 284 g/mol. The molecule has 1 saturated heterocycles. The summed E-state index contributed by atoms with van der Waals surface area (Å²) in [4.78, 5) is 25.6. The van der Waals surface area contributed by atoms with E-state index in [1.54, 1.807) is 31.1 Å². The van der Waals surface area contributed by atoms with Crippen LogP contribution in [0.2, 0.25) is 0 Å². The highest BCUT2D eigenvalue weighted by Crippen LogP contribution is 2.19. The third-order valence-corrected chi connectivity index (χ3v) is 3.88. The number of aryl methyl sites for hydroxylation is 1. The van der Waals surface area contributed by atoms with Crippen molar-refractivity contribution in [3.63, 3.8) is 0 Å². The summed E-state index contributed by atoms with van der Waals surface area (Å²) in [7, 11) is 1.61. The van der Waals surface area contributed by atoms with E-state index in [1.165, 1.54) is 6.07 Å². The zero-order valence-corrected chi connectivity index (χ0v) is 13.0.